The van der Waals surface area contributed by atoms with Crippen molar-refractivity contribution in [3.8, 4) is 11.8 Å². The summed E-state index contributed by atoms with van der Waals surface area (Å²) in [4.78, 5) is 0. The maximum absolute atomic E-state index is 4.01. The van der Waals surface area contributed by atoms with Gasteiger partial charge in [-0.15, -0.1) is 6.58 Å². The maximum Gasteiger partial charge on any atom is 0.0177 e. The van der Waals surface area contributed by atoms with Crippen molar-refractivity contribution in [1.29, 1.82) is 0 Å². The van der Waals surface area contributed by atoms with Gasteiger partial charge >= 0.3 is 0 Å². The van der Waals surface area contributed by atoms with Crippen LogP contribution in [0.2, 0.25) is 0 Å². The summed E-state index contributed by atoms with van der Waals surface area (Å²) in [7, 11) is 0. The quantitative estimate of drug-likeness (QED) is 0.241. The highest BCUT2D eigenvalue weighted by atomic mass is 13.9. The molecular formula is C23H28. The highest BCUT2D eigenvalue weighted by Crippen LogP contribution is 2.07. The molecule has 0 radical (unpaired) electrons. The van der Waals surface area contributed by atoms with Crippen molar-refractivity contribution < 1.29 is 0 Å². The lowest BCUT2D eigenvalue weighted by Gasteiger charge is -1.96. The Labute approximate surface area is 142 Å². The van der Waals surface area contributed by atoms with Crippen LogP contribution in [0, 0.1) is 11.8 Å². The second-order valence-corrected chi connectivity index (χ2v) is 5.22. The minimum Gasteiger partial charge on any atom is -0.103 e. The van der Waals surface area contributed by atoms with Gasteiger partial charge in [-0.25, -0.2) is 0 Å². The normalized spacial score (nSPS) is 10.7. The van der Waals surface area contributed by atoms with Crippen molar-refractivity contribution in [3.63, 3.8) is 0 Å². The molecule has 0 heterocycles. The second kappa shape index (κ2) is 13.2. The monoisotopic (exact) mass is 304 g/mol. The van der Waals surface area contributed by atoms with Gasteiger partial charge in [0.2, 0.25) is 0 Å². The summed E-state index contributed by atoms with van der Waals surface area (Å²) in [6.45, 7) is 21.5. The lowest BCUT2D eigenvalue weighted by molar-refractivity contribution is 1.01. The van der Waals surface area contributed by atoms with E-state index in [-0.39, 0.29) is 0 Å². The molecule has 0 aromatic rings. The first kappa shape index (κ1) is 20.5. The molecule has 0 amide bonds. The predicted molar refractivity (Wildman–Crippen MR) is 106 cm³/mol. The molecule has 23 heavy (non-hydrogen) atoms. The minimum absolute atomic E-state index is 0.742. The average Bonchev–Trinajstić information content (AvgIpc) is 2.54. The molecule has 0 aliphatic rings. The van der Waals surface area contributed by atoms with Crippen LogP contribution in [0.3, 0.4) is 0 Å². The van der Waals surface area contributed by atoms with E-state index < -0.39 is 0 Å². The zero-order valence-electron chi connectivity index (χ0n) is 14.4. The third-order valence-electron chi connectivity index (χ3n) is 2.96. The van der Waals surface area contributed by atoms with Crippen LogP contribution in [-0.2, 0) is 0 Å². The van der Waals surface area contributed by atoms with Gasteiger partial charge in [0.15, 0.2) is 0 Å². The lowest BCUT2D eigenvalue weighted by Crippen LogP contribution is -1.77. The molecule has 0 rings (SSSR count). The average molecular weight is 304 g/mol. The topological polar surface area (TPSA) is 0 Å². The van der Waals surface area contributed by atoms with Crippen LogP contribution >= 0.6 is 0 Å². The molecule has 0 aromatic carbocycles. The Kier molecular flexibility index (Phi) is 11.7. The van der Waals surface area contributed by atoms with Gasteiger partial charge in [0.05, 0.1) is 0 Å². The van der Waals surface area contributed by atoms with Crippen LogP contribution in [-0.4, -0.2) is 0 Å². The number of rotatable bonds is 10. The Hall–Kier alpha value is -2.52. The Morgan fingerprint density at radius 3 is 1.70 bits per heavy atom. The van der Waals surface area contributed by atoms with E-state index in [1.807, 2.05) is 43.4 Å². The van der Waals surface area contributed by atoms with Gasteiger partial charge in [-0.2, -0.15) is 0 Å². The molecular weight excluding hydrogens is 276 g/mol. The molecule has 0 N–H and O–H groups in total. The van der Waals surface area contributed by atoms with Crippen LogP contribution in [0.4, 0.5) is 0 Å². The van der Waals surface area contributed by atoms with Crippen LogP contribution in [0.1, 0.15) is 32.6 Å². The molecule has 0 atom stereocenters. The fourth-order valence-electron chi connectivity index (χ4n) is 1.57. The zero-order valence-corrected chi connectivity index (χ0v) is 14.4. The fourth-order valence-corrected chi connectivity index (χ4v) is 1.57. The van der Waals surface area contributed by atoms with E-state index in [2.05, 4.69) is 50.8 Å². The molecule has 0 bridgehead atoms. The molecule has 0 fully saturated rings. The van der Waals surface area contributed by atoms with Crippen molar-refractivity contribution in [2.45, 2.75) is 32.6 Å². The summed E-state index contributed by atoms with van der Waals surface area (Å²) in [6.07, 6.45) is 17.6. The van der Waals surface area contributed by atoms with Gasteiger partial charge in [-0.3, -0.25) is 0 Å². The fraction of sp³-hybridized carbons (Fsp3) is 0.217. The maximum atomic E-state index is 4.01. The molecule has 0 aliphatic carbocycles. The molecule has 0 saturated carbocycles. The third kappa shape index (κ3) is 12.9. The van der Waals surface area contributed by atoms with Crippen molar-refractivity contribution in [2.75, 3.05) is 0 Å². The second-order valence-electron chi connectivity index (χ2n) is 5.22. The van der Waals surface area contributed by atoms with E-state index in [1.165, 1.54) is 0 Å². The van der Waals surface area contributed by atoms with Crippen molar-refractivity contribution in [3.05, 3.63) is 97.7 Å². The zero-order chi connectivity index (χ0) is 17.5. The molecule has 120 valence electrons. The van der Waals surface area contributed by atoms with Gasteiger partial charge in [0, 0.05) is 11.1 Å². The third-order valence-corrected chi connectivity index (χ3v) is 2.96. The highest BCUT2D eigenvalue weighted by Gasteiger charge is 1.89. The predicted octanol–water partition coefficient (Wildman–Crippen LogP) is 6.65. The molecule has 0 nitrogen and oxygen atoms in total. The van der Waals surface area contributed by atoms with Gasteiger partial charge < -0.3 is 0 Å². The molecule has 0 saturated heterocycles. The van der Waals surface area contributed by atoms with Crippen LogP contribution in [0.15, 0.2) is 97.7 Å². The Morgan fingerprint density at radius 1 is 0.783 bits per heavy atom. The summed E-state index contributed by atoms with van der Waals surface area (Å²) >= 11 is 0. The molecule has 0 aliphatic heterocycles. The standard InChI is InChI=1S/C23H28/c1-7-9-11-13-21(4)15-17-23(6)19-18-22(5)16-14-20(3)12-10-8-2/h7-9,14-17H,2-6,10-13H2,1H3/b9-7+,16-14-,17-15-. The first-order valence-corrected chi connectivity index (χ1v) is 7.83. The Balaban J connectivity index is 4.35. The van der Waals surface area contributed by atoms with Gasteiger partial charge in [0.25, 0.3) is 0 Å². The van der Waals surface area contributed by atoms with Crippen molar-refractivity contribution in [1.82, 2.24) is 0 Å². The van der Waals surface area contributed by atoms with E-state index in [0.717, 1.165) is 48.0 Å². The van der Waals surface area contributed by atoms with Gasteiger partial charge in [-0.05, 0) is 44.8 Å². The molecule has 0 spiro atoms. The first-order valence-electron chi connectivity index (χ1n) is 7.83. The number of hydrogen-bond acceptors (Lipinski definition) is 0. The van der Waals surface area contributed by atoms with Gasteiger partial charge in [-0.1, -0.05) is 79.7 Å². The van der Waals surface area contributed by atoms with E-state index >= 15 is 0 Å². The smallest absolute Gasteiger partial charge is 0.0177 e. The summed E-state index contributed by atoms with van der Waals surface area (Å²) in [5, 5.41) is 0. The van der Waals surface area contributed by atoms with Gasteiger partial charge in [0.1, 0.15) is 0 Å². The number of hydrogen-bond donors (Lipinski definition) is 0. The SMILES string of the molecule is C=CCCC(=C)/C=C\C(=C)C#CC(=C)/C=C\C(=C)CC/C=C/C. The van der Waals surface area contributed by atoms with E-state index in [4.69, 9.17) is 0 Å². The molecule has 0 aromatic heterocycles. The van der Waals surface area contributed by atoms with Crippen LogP contribution < -0.4 is 0 Å². The largest absolute Gasteiger partial charge is 0.103 e. The summed E-state index contributed by atoms with van der Waals surface area (Å²) in [5.41, 5.74) is 3.61. The summed E-state index contributed by atoms with van der Waals surface area (Å²) < 4.78 is 0. The molecule has 0 heteroatoms. The number of allylic oxidation sites excluding steroid dienone is 11. The van der Waals surface area contributed by atoms with Crippen molar-refractivity contribution in [2.24, 2.45) is 0 Å². The summed E-state index contributed by atoms with van der Waals surface area (Å²) in [5.74, 6) is 5.97. The van der Waals surface area contributed by atoms with Crippen LogP contribution in [0.5, 0.6) is 0 Å². The minimum atomic E-state index is 0.742. The Bertz CT molecular complexity index is 592. The van der Waals surface area contributed by atoms with Crippen LogP contribution in [0.25, 0.3) is 0 Å². The van der Waals surface area contributed by atoms with E-state index in [0.29, 0.717) is 0 Å². The van der Waals surface area contributed by atoms with E-state index in [9.17, 15) is 0 Å². The summed E-state index contributed by atoms with van der Waals surface area (Å²) in [6, 6.07) is 0. The molecule has 0 unspecified atom stereocenters. The van der Waals surface area contributed by atoms with Crippen molar-refractivity contribution >= 4 is 0 Å². The first-order chi connectivity index (χ1) is 11.0. The van der Waals surface area contributed by atoms with E-state index in [1.54, 1.807) is 0 Å². The Morgan fingerprint density at radius 2 is 1.26 bits per heavy atom. The lowest BCUT2D eigenvalue weighted by atomic mass is 10.1. The highest BCUT2D eigenvalue weighted by molar-refractivity contribution is 5.46.